The number of carbonyl (C=O) groups is 1. The standard InChI is InChI=1S/C16H26OS/c1-3-4-11-18-12-13-8-10-16(2)9-6-5-7-14(16)15(13)17/h12,14H,3-11H2,1-2H3/t14-,16-/m1/s1. The lowest BCUT2D eigenvalue weighted by Crippen LogP contribution is -2.40. The number of allylic oxidation sites excluding steroid dienone is 1. The second-order valence-corrected chi connectivity index (χ2v) is 7.16. The van der Waals surface area contributed by atoms with Gasteiger partial charge in [0.15, 0.2) is 5.78 Å². The maximum Gasteiger partial charge on any atom is 0.162 e. The molecule has 2 rings (SSSR count). The van der Waals surface area contributed by atoms with Crippen molar-refractivity contribution in [2.75, 3.05) is 5.75 Å². The largest absolute Gasteiger partial charge is 0.294 e. The molecule has 0 saturated heterocycles. The van der Waals surface area contributed by atoms with Crippen molar-refractivity contribution in [3.05, 3.63) is 11.0 Å². The van der Waals surface area contributed by atoms with E-state index in [-0.39, 0.29) is 0 Å². The molecule has 0 aliphatic heterocycles. The third-order valence-corrected chi connectivity index (χ3v) is 5.75. The van der Waals surface area contributed by atoms with Gasteiger partial charge in [-0.25, -0.2) is 0 Å². The first-order valence-electron chi connectivity index (χ1n) is 7.52. The van der Waals surface area contributed by atoms with Crippen LogP contribution < -0.4 is 0 Å². The predicted molar refractivity (Wildman–Crippen MR) is 79.8 cm³/mol. The minimum Gasteiger partial charge on any atom is -0.294 e. The number of fused-ring (bicyclic) bond motifs is 1. The maximum absolute atomic E-state index is 12.5. The molecule has 0 spiro atoms. The van der Waals surface area contributed by atoms with E-state index in [1.807, 2.05) is 11.8 Å². The molecule has 2 fully saturated rings. The number of hydrogen-bond donors (Lipinski definition) is 0. The van der Waals surface area contributed by atoms with Crippen LogP contribution in [0.1, 0.15) is 65.2 Å². The van der Waals surface area contributed by atoms with Crippen molar-refractivity contribution in [3.8, 4) is 0 Å². The lowest BCUT2D eigenvalue weighted by molar-refractivity contribution is -0.127. The highest BCUT2D eigenvalue weighted by atomic mass is 32.2. The molecule has 102 valence electrons. The zero-order valence-corrected chi connectivity index (χ0v) is 12.7. The lowest BCUT2D eigenvalue weighted by Gasteiger charge is -2.44. The summed E-state index contributed by atoms with van der Waals surface area (Å²) in [7, 11) is 0. The summed E-state index contributed by atoms with van der Waals surface area (Å²) in [6.45, 7) is 4.56. The minimum absolute atomic E-state index is 0.320. The van der Waals surface area contributed by atoms with Gasteiger partial charge in [-0.2, -0.15) is 0 Å². The molecular weight excluding hydrogens is 240 g/mol. The van der Waals surface area contributed by atoms with Crippen molar-refractivity contribution in [2.24, 2.45) is 11.3 Å². The number of carbonyl (C=O) groups excluding carboxylic acids is 1. The van der Waals surface area contributed by atoms with Crippen LogP contribution in [0.3, 0.4) is 0 Å². The van der Waals surface area contributed by atoms with Crippen LogP contribution in [-0.4, -0.2) is 11.5 Å². The normalized spacial score (nSPS) is 34.7. The molecule has 0 aromatic heterocycles. The fraction of sp³-hybridized carbons (Fsp3) is 0.812. The molecule has 2 aliphatic rings. The third-order valence-electron chi connectivity index (χ3n) is 4.77. The molecule has 1 nitrogen and oxygen atoms in total. The van der Waals surface area contributed by atoms with Gasteiger partial charge in [0.25, 0.3) is 0 Å². The fourth-order valence-electron chi connectivity index (χ4n) is 3.42. The Morgan fingerprint density at radius 2 is 2.22 bits per heavy atom. The molecule has 2 saturated carbocycles. The van der Waals surface area contributed by atoms with Crippen LogP contribution in [0.25, 0.3) is 0 Å². The van der Waals surface area contributed by atoms with Crippen LogP contribution in [0.4, 0.5) is 0 Å². The van der Waals surface area contributed by atoms with Crippen LogP contribution in [0.5, 0.6) is 0 Å². The molecule has 2 aliphatic carbocycles. The summed E-state index contributed by atoms with van der Waals surface area (Å²) in [4.78, 5) is 12.5. The van der Waals surface area contributed by atoms with E-state index in [2.05, 4.69) is 19.3 Å². The SMILES string of the molecule is CCCCSC=C1CC[C@@]2(C)CCCC[C@@H]2C1=O. The molecule has 0 aromatic rings. The summed E-state index contributed by atoms with van der Waals surface area (Å²) in [5.74, 6) is 1.97. The maximum atomic E-state index is 12.5. The first-order chi connectivity index (χ1) is 8.67. The molecule has 0 heterocycles. The average Bonchev–Trinajstić information content (AvgIpc) is 2.37. The fourth-order valence-corrected chi connectivity index (χ4v) is 4.43. The van der Waals surface area contributed by atoms with Crippen LogP contribution in [0.15, 0.2) is 11.0 Å². The Morgan fingerprint density at radius 3 is 3.00 bits per heavy atom. The Bertz CT molecular complexity index is 334. The van der Waals surface area contributed by atoms with Gasteiger partial charge in [-0.3, -0.25) is 4.79 Å². The Balaban J connectivity index is 1.98. The average molecular weight is 266 g/mol. The van der Waals surface area contributed by atoms with Crippen LogP contribution in [0, 0.1) is 11.3 Å². The zero-order valence-electron chi connectivity index (χ0n) is 11.8. The first-order valence-corrected chi connectivity index (χ1v) is 8.57. The monoisotopic (exact) mass is 266 g/mol. The second kappa shape index (κ2) is 6.27. The molecule has 0 amide bonds. The van der Waals surface area contributed by atoms with E-state index in [1.54, 1.807) is 0 Å². The summed E-state index contributed by atoms with van der Waals surface area (Å²) < 4.78 is 0. The predicted octanol–water partition coefficient (Wildman–Crippen LogP) is 4.96. The summed E-state index contributed by atoms with van der Waals surface area (Å²) in [6.07, 6.45) is 9.71. The topological polar surface area (TPSA) is 17.1 Å². The molecule has 0 aromatic carbocycles. The van der Waals surface area contributed by atoms with E-state index in [0.29, 0.717) is 17.1 Å². The van der Waals surface area contributed by atoms with E-state index in [0.717, 1.165) is 24.2 Å². The van der Waals surface area contributed by atoms with Gasteiger partial charge in [-0.1, -0.05) is 33.1 Å². The Labute approximate surface area is 116 Å². The van der Waals surface area contributed by atoms with Gasteiger partial charge >= 0.3 is 0 Å². The van der Waals surface area contributed by atoms with Gasteiger partial charge in [0.1, 0.15) is 0 Å². The summed E-state index contributed by atoms with van der Waals surface area (Å²) >= 11 is 1.84. The quantitative estimate of drug-likeness (QED) is 0.528. The van der Waals surface area contributed by atoms with E-state index in [4.69, 9.17) is 0 Å². The van der Waals surface area contributed by atoms with Crippen molar-refractivity contribution in [2.45, 2.75) is 65.2 Å². The van der Waals surface area contributed by atoms with Crippen LogP contribution >= 0.6 is 11.8 Å². The molecule has 18 heavy (non-hydrogen) atoms. The second-order valence-electron chi connectivity index (χ2n) is 6.18. The van der Waals surface area contributed by atoms with E-state index >= 15 is 0 Å². The third kappa shape index (κ3) is 3.01. The number of Topliss-reactive ketones (excluding diaryl/α,β-unsaturated/α-hetero) is 1. The summed E-state index contributed by atoms with van der Waals surface area (Å²) in [5, 5.41) is 2.17. The van der Waals surface area contributed by atoms with Gasteiger partial charge in [0.2, 0.25) is 0 Å². The van der Waals surface area contributed by atoms with Gasteiger partial charge < -0.3 is 0 Å². The molecule has 0 radical (unpaired) electrons. The molecule has 0 unspecified atom stereocenters. The number of thioether (sulfide) groups is 1. The molecular formula is C16H26OS. The van der Waals surface area contributed by atoms with Crippen molar-refractivity contribution in [1.82, 2.24) is 0 Å². The Morgan fingerprint density at radius 1 is 1.39 bits per heavy atom. The number of hydrogen-bond acceptors (Lipinski definition) is 2. The number of unbranched alkanes of at least 4 members (excludes halogenated alkanes) is 1. The van der Waals surface area contributed by atoms with E-state index in [1.165, 1.54) is 38.5 Å². The summed E-state index contributed by atoms with van der Waals surface area (Å²) in [6, 6.07) is 0. The summed E-state index contributed by atoms with van der Waals surface area (Å²) in [5.41, 5.74) is 1.45. The van der Waals surface area contributed by atoms with Crippen molar-refractivity contribution in [1.29, 1.82) is 0 Å². The minimum atomic E-state index is 0.320. The number of ketones is 1. The van der Waals surface area contributed by atoms with Gasteiger partial charge in [-0.15, -0.1) is 11.8 Å². The van der Waals surface area contributed by atoms with Crippen LogP contribution in [-0.2, 0) is 4.79 Å². The van der Waals surface area contributed by atoms with Crippen molar-refractivity contribution < 1.29 is 4.79 Å². The zero-order chi connectivity index (χ0) is 13.0. The Kier molecular flexibility index (Phi) is 4.94. The highest BCUT2D eigenvalue weighted by Gasteiger charge is 2.44. The van der Waals surface area contributed by atoms with Gasteiger partial charge in [-0.05, 0) is 48.7 Å². The van der Waals surface area contributed by atoms with Gasteiger partial charge in [0.05, 0.1) is 0 Å². The smallest absolute Gasteiger partial charge is 0.162 e. The highest BCUT2D eigenvalue weighted by molar-refractivity contribution is 8.02. The number of rotatable bonds is 4. The lowest BCUT2D eigenvalue weighted by atomic mass is 9.59. The Hall–Kier alpha value is -0.240. The highest BCUT2D eigenvalue weighted by Crippen LogP contribution is 2.50. The van der Waals surface area contributed by atoms with Crippen molar-refractivity contribution in [3.63, 3.8) is 0 Å². The first kappa shape index (κ1) is 14.2. The van der Waals surface area contributed by atoms with Crippen molar-refractivity contribution >= 4 is 17.5 Å². The van der Waals surface area contributed by atoms with Crippen LogP contribution in [0.2, 0.25) is 0 Å². The molecule has 0 N–H and O–H groups in total. The van der Waals surface area contributed by atoms with E-state index < -0.39 is 0 Å². The molecule has 2 heteroatoms. The molecule has 2 atom stereocenters. The van der Waals surface area contributed by atoms with Gasteiger partial charge in [0, 0.05) is 11.5 Å². The van der Waals surface area contributed by atoms with E-state index in [9.17, 15) is 4.79 Å². The molecule has 0 bridgehead atoms.